The monoisotopic (exact) mass is 583 g/mol. The number of rotatable bonds is 17. The zero-order valence-electron chi connectivity index (χ0n) is 23.9. The molecule has 2 aromatic carbocycles. The van der Waals surface area contributed by atoms with E-state index in [-0.39, 0.29) is 43.7 Å². The Hall–Kier alpha value is -3.18. The lowest BCUT2D eigenvalue weighted by Crippen LogP contribution is -2.48. The molecule has 0 saturated heterocycles. The molecule has 2 rings (SSSR count). The summed E-state index contributed by atoms with van der Waals surface area (Å²) in [4.78, 5) is 27.0. The van der Waals surface area contributed by atoms with Gasteiger partial charge >= 0.3 is 6.18 Å². The lowest BCUT2D eigenvalue weighted by Gasteiger charge is -2.25. The number of carbonyl (C=O) groups excluding carboxylic acids is 2. The van der Waals surface area contributed by atoms with Gasteiger partial charge in [0.15, 0.2) is 0 Å². The van der Waals surface area contributed by atoms with E-state index < -0.39 is 35.6 Å². The Kier molecular flexibility index (Phi) is 14.1. The van der Waals surface area contributed by atoms with Gasteiger partial charge in [-0.1, -0.05) is 26.0 Å². The van der Waals surface area contributed by atoms with Gasteiger partial charge in [-0.05, 0) is 67.1 Å². The van der Waals surface area contributed by atoms with Gasteiger partial charge < -0.3 is 25.4 Å². The molecular weight excluding hydrogens is 542 g/mol. The zero-order chi connectivity index (χ0) is 30.4. The molecule has 0 aliphatic rings. The Balaban J connectivity index is 2.08. The molecule has 11 heteroatoms. The van der Waals surface area contributed by atoms with Crippen molar-refractivity contribution in [2.24, 2.45) is 0 Å². The molecule has 0 aliphatic heterocycles. The summed E-state index contributed by atoms with van der Waals surface area (Å²) >= 11 is 0. The molecule has 0 unspecified atom stereocenters. The Morgan fingerprint density at radius 1 is 1.02 bits per heavy atom. The van der Waals surface area contributed by atoms with Crippen molar-refractivity contribution < 1.29 is 37.0 Å². The van der Waals surface area contributed by atoms with Gasteiger partial charge in [0, 0.05) is 39.0 Å². The van der Waals surface area contributed by atoms with Crippen LogP contribution in [0.5, 0.6) is 5.75 Å². The first-order valence-corrected chi connectivity index (χ1v) is 13.9. The fourth-order valence-corrected chi connectivity index (χ4v) is 4.50. The van der Waals surface area contributed by atoms with Crippen LogP contribution in [0.25, 0.3) is 0 Å². The van der Waals surface area contributed by atoms with Crippen molar-refractivity contribution in [3.63, 3.8) is 0 Å². The van der Waals surface area contributed by atoms with Gasteiger partial charge in [0.1, 0.15) is 11.6 Å². The first-order valence-electron chi connectivity index (χ1n) is 13.9. The van der Waals surface area contributed by atoms with Crippen molar-refractivity contribution in [3.05, 3.63) is 65.0 Å². The maximum Gasteiger partial charge on any atom is 0.416 e. The van der Waals surface area contributed by atoms with E-state index in [1.54, 1.807) is 18.1 Å². The molecule has 0 bridgehead atoms. The minimum Gasteiger partial charge on any atom is -0.497 e. The summed E-state index contributed by atoms with van der Waals surface area (Å²) in [5.74, 6) is -0.904. The highest BCUT2D eigenvalue weighted by Crippen LogP contribution is 2.30. The predicted molar refractivity (Wildman–Crippen MR) is 149 cm³/mol. The van der Waals surface area contributed by atoms with Crippen molar-refractivity contribution in [2.45, 2.75) is 77.2 Å². The van der Waals surface area contributed by atoms with Crippen molar-refractivity contribution in [3.8, 4) is 5.75 Å². The molecule has 7 nitrogen and oxygen atoms in total. The van der Waals surface area contributed by atoms with Crippen molar-refractivity contribution in [1.82, 2.24) is 15.5 Å². The van der Waals surface area contributed by atoms with Crippen LogP contribution in [0.3, 0.4) is 0 Å². The quantitative estimate of drug-likeness (QED) is 0.232. The molecule has 2 amide bonds. The van der Waals surface area contributed by atoms with Gasteiger partial charge in [-0.2, -0.15) is 13.2 Å². The lowest BCUT2D eigenvalue weighted by molar-refractivity contribution is -0.138. The molecule has 41 heavy (non-hydrogen) atoms. The molecule has 0 aromatic heterocycles. The molecule has 0 saturated carbocycles. The van der Waals surface area contributed by atoms with Gasteiger partial charge in [-0.25, -0.2) is 4.39 Å². The number of carbonyl (C=O) groups is 2. The maximum atomic E-state index is 14.0. The lowest BCUT2D eigenvalue weighted by atomic mass is 9.98. The second-order valence-corrected chi connectivity index (χ2v) is 10.0. The highest BCUT2D eigenvalue weighted by atomic mass is 19.4. The van der Waals surface area contributed by atoms with Crippen LogP contribution < -0.4 is 15.4 Å². The highest BCUT2D eigenvalue weighted by molar-refractivity contribution is 5.79. The van der Waals surface area contributed by atoms with E-state index in [0.717, 1.165) is 30.5 Å². The third-order valence-electron chi connectivity index (χ3n) is 6.50. The number of aliphatic hydroxyl groups excluding tert-OH is 1. The zero-order valence-corrected chi connectivity index (χ0v) is 23.9. The van der Waals surface area contributed by atoms with Crippen LogP contribution >= 0.6 is 0 Å². The molecule has 0 fully saturated rings. The summed E-state index contributed by atoms with van der Waals surface area (Å²) in [5, 5.41) is 16.7. The van der Waals surface area contributed by atoms with E-state index in [2.05, 4.69) is 10.6 Å². The second-order valence-electron chi connectivity index (χ2n) is 10.0. The average molecular weight is 584 g/mol. The number of ether oxygens (including phenoxy) is 1. The van der Waals surface area contributed by atoms with E-state index in [1.165, 1.54) is 0 Å². The van der Waals surface area contributed by atoms with Gasteiger partial charge in [0.25, 0.3) is 0 Å². The van der Waals surface area contributed by atoms with Gasteiger partial charge in [-0.15, -0.1) is 0 Å². The highest BCUT2D eigenvalue weighted by Gasteiger charge is 2.32. The Morgan fingerprint density at radius 3 is 2.37 bits per heavy atom. The molecule has 0 spiro atoms. The van der Waals surface area contributed by atoms with Gasteiger partial charge in [-0.3, -0.25) is 9.59 Å². The molecular formula is C30H41F4N3O4. The molecule has 2 atom stereocenters. The van der Waals surface area contributed by atoms with E-state index in [9.17, 15) is 32.3 Å². The number of nitrogens with one attached hydrogen (secondary N) is 2. The molecule has 0 radical (unpaired) electrons. The van der Waals surface area contributed by atoms with Gasteiger partial charge in [0.05, 0.1) is 24.8 Å². The number of alkyl halides is 3. The van der Waals surface area contributed by atoms with Crippen molar-refractivity contribution in [1.29, 1.82) is 0 Å². The Labute approximate surface area is 239 Å². The van der Waals surface area contributed by atoms with E-state index in [4.69, 9.17) is 4.74 Å². The normalized spacial score (nSPS) is 13.0. The number of hydrogen-bond donors (Lipinski definition) is 3. The number of nitrogens with zero attached hydrogens (tertiary/aromatic N) is 1. The summed E-state index contributed by atoms with van der Waals surface area (Å²) in [6.07, 6.45) is -4.06. The SMILES string of the molecule is CCCN(CCC)C(=O)CCCC(=O)N[C@@H](Cc1cc(F)cc(C(F)(F)F)c1)[C@H](O)CNCc1cccc(OC)c1. The van der Waals surface area contributed by atoms with Crippen LogP contribution in [0.2, 0.25) is 0 Å². The Morgan fingerprint density at radius 2 is 1.73 bits per heavy atom. The van der Waals surface area contributed by atoms with Crippen LogP contribution in [0.4, 0.5) is 17.6 Å². The van der Waals surface area contributed by atoms with Gasteiger partial charge in [0.2, 0.25) is 11.8 Å². The minimum atomic E-state index is -4.75. The van der Waals surface area contributed by atoms with Crippen molar-refractivity contribution >= 4 is 11.8 Å². The number of methoxy groups -OCH3 is 1. The average Bonchev–Trinajstić information content (AvgIpc) is 2.91. The smallest absolute Gasteiger partial charge is 0.416 e. The van der Waals surface area contributed by atoms with Crippen LogP contribution in [-0.4, -0.2) is 60.7 Å². The molecule has 0 aliphatic carbocycles. The van der Waals surface area contributed by atoms with Crippen LogP contribution in [0.1, 0.15) is 62.6 Å². The predicted octanol–water partition coefficient (Wildman–Crippen LogP) is 4.85. The minimum absolute atomic E-state index is 0.00472. The Bertz CT molecular complexity index is 1110. The molecule has 0 heterocycles. The topological polar surface area (TPSA) is 90.9 Å². The van der Waals surface area contributed by atoms with Crippen LogP contribution in [-0.2, 0) is 28.7 Å². The third kappa shape index (κ3) is 12.1. The molecule has 3 N–H and O–H groups in total. The fourth-order valence-electron chi connectivity index (χ4n) is 4.50. The number of benzene rings is 2. The summed E-state index contributed by atoms with van der Waals surface area (Å²) in [5.41, 5.74) is -0.285. The number of hydrogen-bond acceptors (Lipinski definition) is 5. The first-order chi connectivity index (χ1) is 19.5. The second kappa shape index (κ2) is 16.9. The largest absolute Gasteiger partial charge is 0.497 e. The number of aliphatic hydroxyl groups is 1. The van der Waals surface area contributed by atoms with Crippen LogP contribution in [0.15, 0.2) is 42.5 Å². The van der Waals surface area contributed by atoms with Crippen molar-refractivity contribution in [2.75, 3.05) is 26.7 Å². The van der Waals surface area contributed by atoms with E-state index >= 15 is 0 Å². The van der Waals surface area contributed by atoms with Crippen LogP contribution in [0, 0.1) is 5.82 Å². The summed E-state index contributed by atoms with van der Waals surface area (Å²) in [7, 11) is 1.54. The first kappa shape index (κ1) is 34.0. The molecule has 228 valence electrons. The number of amides is 2. The standard InChI is InChI=1S/C30H41F4N3O4/c1-4-12-37(13-5-2)29(40)11-7-10-28(39)36-26(17-22-14-23(30(32,33)34)18-24(31)15-22)27(38)20-35-19-21-8-6-9-25(16-21)41-3/h6,8-9,14-16,18,26-27,35,38H,4-5,7,10-13,17,19-20H2,1-3H3,(H,36,39)/t26-,27+/m0/s1. The summed E-state index contributed by atoms with van der Waals surface area (Å²) < 4.78 is 59.0. The fraction of sp³-hybridized carbons (Fsp3) is 0.533. The molecule has 2 aromatic rings. The summed E-state index contributed by atoms with van der Waals surface area (Å²) in [6, 6.07) is 8.44. The van der Waals surface area contributed by atoms with E-state index in [0.29, 0.717) is 31.5 Å². The summed E-state index contributed by atoms with van der Waals surface area (Å²) in [6.45, 7) is 5.62. The third-order valence-corrected chi connectivity index (χ3v) is 6.50. The van der Waals surface area contributed by atoms with E-state index in [1.807, 2.05) is 32.0 Å². The maximum absolute atomic E-state index is 14.0. The number of halogens is 4.